The van der Waals surface area contributed by atoms with E-state index in [1.54, 1.807) is 6.08 Å². The number of hydrogen-bond acceptors (Lipinski definition) is 4. The summed E-state index contributed by atoms with van der Waals surface area (Å²) in [5.41, 5.74) is 1.84. The predicted octanol–water partition coefficient (Wildman–Crippen LogP) is 3.46. The highest BCUT2D eigenvalue weighted by Crippen LogP contribution is 2.27. The van der Waals surface area contributed by atoms with E-state index >= 15 is 0 Å². The summed E-state index contributed by atoms with van der Waals surface area (Å²) >= 11 is 0. The second-order valence-corrected chi connectivity index (χ2v) is 6.49. The minimum atomic E-state index is 0.0567. The van der Waals surface area contributed by atoms with Crippen LogP contribution in [0.25, 0.3) is 11.0 Å². The van der Waals surface area contributed by atoms with Crippen molar-refractivity contribution in [3.63, 3.8) is 0 Å². The normalized spacial score (nSPS) is 12.2. The molecule has 118 valence electrons. The zero-order valence-corrected chi connectivity index (χ0v) is 13.6. The summed E-state index contributed by atoms with van der Waals surface area (Å²) in [7, 11) is 0. The first-order valence-electron chi connectivity index (χ1n) is 7.54. The van der Waals surface area contributed by atoms with Gasteiger partial charge in [0.25, 0.3) is 0 Å². The lowest BCUT2D eigenvalue weighted by Crippen LogP contribution is -2.17. The highest BCUT2D eigenvalue weighted by molar-refractivity contribution is 5.89. The summed E-state index contributed by atoms with van der Waals surface area (Å²) < 4.78 is 5.87. The van der Waals surface area contributed by atoms with E-state index in [1.165, 1.54) is 6.33 Å². The average Bonchev–Trinajstić information content (AvgIpc) is 2.88. The first-order valence-corrected chi connectivity index (χ1v) is 7.54. The molecule has 5 nitrogen and oxygen atoms in total. The van der Waals surface area contributed by atoms with Gasteiger partial charge in [0, 0.05) is 12.6 Å². The third-order valence-corrected chi connectivity index (χ3v) is 3.15. The molecule has 5 heteroatoms. The Kier molecular flexibility index (Phi) is 4.96. The largest absolute Gasteiger partial charge is 0.477 e. The van der Waals surface area contributed by atoms with Crippen LogP contribution in [0.15, 0.2) is 24.7 Å². The molecule has 0 aliphatic carbocycles. The number of rotatable bonds is 6. The van der Waals surface area contributed by atoms with Crippen LogP contribution in [0.1, 0.15) is 39.7 Å². The zero-order valence-electron chi connectivity index (χ0n) is 13.6. The highest BCUT2D eigenvalue weighted by Gasteiger charge is 2.15. The van der Waals surface area contributed by atoms with Crippen molar-refractivity contribution in [1.29, 1.82) is 0 Å². The van der Waals surface area contributed by atoms with Gasteiger partial charge in [-0.2, -0.15) is 0 Å². The number of carbonyl (C=O) groups excluding carboxylic acids is 1. The number of H-pyrrole nitrogens is 1. The number of ether oxygens (including phenoxy) is 1. The second-order valence-electron chi connectivity index (χ2n) is 6.49. The number of hydrogen-bond donors (Lipinski definition) is 1. The van der Waals surface area contributed by atoms with E-state index in [4.69, 9.17) is 4.74 Å². The number of aromatic nitrogens is 3. The van der Waals surface area contributed by atoms with E-state index in [1.807, 2.05) is 19.2 Å². The summed E-state index contributed by atoms with van der Waals surface area (Å²) in [6, 6.07) is 0. The molecule has 0 fully saturated rings. The standard InChI is InChI=1S/C17H23N3O2/c1-5-13(21)8-6-7-12-9-18-15-14(12)16(20-11-19-15)22-10-17(2,3)4/h6,8-9,11H,5,7,10H2,1-4H3,(H,18,19,20). The number of nitrogens with one attached hydrogen (secondary N) is 1. The van der Waals surface area contributed by atoms with Crippen LogP contribution in [0.3, 0.4) is 0 Å². The minimum absolute atomic E-state index is 0.0567. The predicted molar refractivity (Wildman–Crippen MR) is 87.0 cm³/mol. The Bertz CT molecular complexity index is 681. The third kappa shape index (κ3) is 4.16. The first kappa shape index (κ1) is 16.2. The Morgan fingerprint density at radius 1 is 1.36 bits per heavy atom. The number of allylic oxidation sites excluding steroid dienone is 2. The van der Waals surface area contributed by atoms with E-state index in [2.05, 4.69) is 35.7 Å². The lowest BCUT2D eigenvalue weighted by molar-refractivity contribution is -0.114. The van der Waals surface area contributed by atoms with Crippen molar-refractivity contribution in [2.75, 3.05) is 6.61 Å². The number of ketones is 1. The van der Waals surface area contributed by atoms with Crippen LogP contribution in [-0.4, -0.2) is 27.3 Å². The third-order valence-electron chi connectivity index (χ3n) is 3.15. The van der Waals surface area contributed by atoms with E-state index in [-0.39, 0.29) is 11.2 Å². The zero-order chi connectivity index (χ0) is 16.2. The molecule has 1 N–H and O–H groups in total. The van der Waals surface area contributed by atoms with Gasteiger partial charge < -0.3 is 9.72 Å². The SMILES string of the molecule is CCC(=O)C=CCc1c[nH]c2ncnc(OCC(C)(C)C)c12. The van der Waals surface area contributed by atoms with E-state index in [9.17, 15) is 4.79 Å². The van der Waals surface area contributed by atoms with Gasteiger partial charge in [0.05, 0.1) is 12.0 Å². The Morgan fingerprint density at radius 2 is 2.14 bits per heavy atom. The van der Waals surface area contributed by atoms with Gasteiger partial charge in [-0.15, -0.1) is 0 Å². The van der Waals surface area contributed by atoms with Gasteiger partial charge >= 0.3 is 0 Å². The molecule has 2 heterocycles. The lowest BCUT2D eigenvalue weighted by Gasteiger charge is -2.18. The number of carbonyl (C=O) groups is 1. The molecule has 0 amide bonds. The fourth-order valence-corrected chi connectivity index (χ4v) is 1.99. The van der Waals surface area contributed by atoms with E-state index < -0.39 is 0 Å². The summed E-state index contributed by atoms with van der Waals surface area (Å²) in [6.07, 6.45) is 8.05. The molecule has 0 atom stereocenters. The molecule has 0 saturated carbocycles. The van der Waals surface area contributed by atoms with E-state index in [0.717, 1.165) is 16.6 Å². The summed E-state index contributed by atoms with van der Waals surface area (Å²) in [5, 5.41) is 0.889. The monoisotopic (exact) mass is 301 g/mol. The highest BCUT2D eigenvalue weighted by atomic mass is 16.5. The molecule has 0 aliphatic heterocycles. The van der Waals surface area contributed by atoms with Gasteiger partial charge in [-0.1, -0.05) is 33.8 Å². The van der Waals surface area contributed by atoms with Crippen LogP contribution >= 0.6 is 0 Å². The molecule has 2 aromatic heterocycles. The molecule has 22 heavy (non-hydrogen) atoms. The van der Waals surface area contributed by atoms with Crippen LogP contribution in [0.2, 0.25) is 0 Å². The lowest BCUT2D eigenvalue weighted by atomic mass is 9.99. The Morgan fingerprint density at radius 3 is 2.82 bits per heavy atom. The average molecular weight is 301 g/mol. The molecular weight excluding hydrogens is 278 g/mol. The van der Waals surface area contributed by atoms with Gasteiger partial charge in [0.2, 0.25) is 5.88 Å². The van der Waals surface area contributed by atoms with Crippen molar-refractivity contribution in [3.05, 3.63) is 30.2 Å². The van der Waals surface area contributed by atoms with Crippen LogP contribution in [0, 0.1) is 5.41 Å². The maximum Gasteiger partial charge on any atom is 0.226 e. The Hall–Kier alpha value is -2.17. The van der Waals surface area contributed by atoms with Crippen molar-refractivity contribution in [1.82, 2.24) is 15.0 Å². The van der Waals surface area contributed by atoms with Crippen molar-refractivity contribution in [3.8, 4) is 5.88 Å². The van der Waals surface area contributed by atoms with Crippen molar-refractivity contribution in [2.45, 2.75) is 40.5 Å². The van der Waals surface area contributed by atoms with Gasteiger partial charge in [-0.3, -0.25) is 4.79 Å². The Labute approximate surface area is 130 Å². The number of fused-ring (bicyclic) bond motifs is 1. The quantitative estimate of drug-likeness (QED) is 0.830. The van der Waals surface area contributed by atoms with Gasteiger partial charge in [-0.05, 0) is 23.5 Å². The number of nitrogens with zero attached hydrogens (tertiary/aromatic N) is 2. The van der Waals surface area contributed by atoms with Gasteiger partial charge in [0.1, 0.15) is 12.0 Å². The fourth-order valence-electron chi connectivity index (χ4n) is 1.99. The van der Waals surface area contributed by atoms with E-state index in [0.29, 0.717) is 25.3 Å². The summed E-state index contributed by atoms with van der Waals surface area (Å²) in [4.78, 5) is 23.0. The van der Waals surface area contributed by atoms with Crippen LogP contribution in [0.4, 0.5) is 0 Å². The molecule has 0 unspecified atom stereocenters. The molecule has 0 aromatic carbocycles. The van der Waals surface area contributed by atoms with Crippen molar-refractivity contribution >= 4 is 16.8 Å². The number of aromatic amines is 1. The summed E-state index contributed by atoms with van der Waals surface area (Å²) in [5.74, 6) is 0.715. The smallest absolute Gasteiger partial charge is 0.226 e. The van der Waals surface area contributed by atoms with Crippen LogP contribution < -0.4 is 4.74 Å². The van der Waals surface area contributed by atoms with Gasteiger partial charge in [-0.25, -0.2) is 9.97 Å². The fraction of sp³-hybridized carbons (Fsp3) is 0.471. The molecule has 0 bridgehead atoms. The molecular formula is C17H23N3O2. The molecule has 2 aromatic rings. The molecule has 0 radical (unpaired) electrons. The van der Waals surface area contributed by atoms with Crippen molar-refractivity contribution in [2.24, 2.45) is 5.41 Å². The molecule has 0 saturated heterocycles. The molecule has 0 spiro atoms. The maximum atomic E-state index is 11.3. The Balaban J connectivity index is 2.24. The van der Waals surface area contributed by atoms with Crippen LogP contribution in [0.5, 0.6) is 5.88 Å². The maximum absolute atomic E-state index is 11.3. The van der Waals surface area contributed by atoms with Crippen LogP contribution in [-0.2, 0) is 11.2 Å². The topological polar surface area (TPSA) is 67.9 Å². The second kappa shape index (κ2) is 6.73. The molecule has 0 aliphatic rings. The molecule has 2 rings (SSSR count). The first-order chi connectivity index (χ1) is 10.4. The van der Waals surface area contributed by atoms with Gasteiger partial charge in [0.15, 0.2) is 5.78 Å². The van der Waals surface area contributed by atoms with Crippen molar-refractivity contribution < 1.29 is 9.53 Å². The minimum Gasteiger partial charge on any atom is -0.477 e. The summed E-state index contributed by atoms with van der Waals surface area (Å²) in [6.45, 7) is 8.77.